The van der Waals surface area contributed by atoms with Gasteiger partial charge in [0, 0.05) is 50.0 Å². The lowest BCUT2D eigenvalue weighted by atomic mass is 10.1. The number of hydrogen-bond donors (Lipinski definition) is 1. The summed E-state index contributed by atoms with van der Waals surface area (Å²) in [6.07, 6.45) is -9.39. The number of anilines is 1. The number of piperazine rings is 1. The molecule has 3 aromatic carbocycles. The van der Waals surface area contributed by atoms with E-state index in [2.05, 4.69) is 0 Å². The SMILES string of the molecule is Cc1c(N2CCN(Cc3cccc(C(F)(F)F)c3)CC2)c(=O)n(CC(N)c2ccccc2)c(=O)n1Cc1c(F)cccc1C(F)(F)F. The maximum absolute atomic E-state index is 14.9. The molecule has 1 aromatic heterocycles. The van der Waals surface area contributed by atoms with E-state index in [4.69, 9.17) is 5.73 Å². The van der Waals surface area contributed by atoms with Gasteiger partial charge in [0.05, 0.1) is 24.2 Å². The van der Waals surface area contributed by atoms with Gasteiger partial charge >= 0.3 is 18.0 Å². The summed E-state index contributed by atoms with van der Waals surface area (Å²) < 4.78 is 98.0. The first-order chi connectivity index (χ1) is 22.1. The second-order valence-corrected chi connectivity index (χ2v) is 11.5. The number of nitrogens with zero attached hydrogens (tertiary/aromatic N) is 4. The molecule has 0 saturated carbocycles. The van der Waals surface area contributed by atoms with Gasteiger partial charge in [-0.2, -0.15) is 26.3 Å². The van der Waals surface area contributed by atoms with Crippen molar-refractivity contribution in [1.82, 2.24) is 14.0 Å². The number of halogens is 7. The van der Waals surface area contributed by atoms with Gasteiger partial charge in [-0.25, -0.2) is 9.18 Å². The summed E-state index contributed by atoms with van der Waals surface area (Å²) >= 11 is 0. The summed E-state index contributed by atoms with van der Waals surface area (Å²) in [5.41, 5.74) is 3.13. The van der Waals surface area contributed by atoms with Gasteiger partial charge in [0.15, 0.2) is 0 Å². The smallest absolute Gasteiger partial charge is 0.363 e. The fourth-order valence-electron chi connectivity index (χ4n) is 5.88. The lowest BCUT2D eigenvalue weighted by Crippen LogP contribution is -2.51. The molecular formula is C33H32F7N5O2. The van der Waals surface area contributed by atoms with Crippen LogP contribution in [0.4, 0.5) is 36.4 Å². The molecule has 5 rings (SSSR count). The highest BCUT2D eigenvalue weighted by Crippen LogP contribution is 2.34. The molecule has 0 bridgehead atoms. The van der Waals surface area contributed by atoms with Crippen molar-refractivity contribution in [3.05, 3.63) is 133 Å². The molecule has 0 amide bonds. The molecule has 1 atom stereocenters. The minimum Gasteiger partial charge on any atom is -0.363 e. The van der Waals surface area contributed by atoms with Gasteiger partial charge in [-0.05, 0) is 36.2 Å². The van der Waals surface area contributed by atoms with Crippen LogP contribution in [0.15, 0.2) is 82.4 Å². The van der Waals surface area contributed by atoms with Crippen LogP contribution in [0.2, 0.25) is 0 Å². The standard InChI is InChI=1S/C33H32F7N5O2/c1-21-29(43-15-13-42(14-16-43)18-22-7-5-10-24(17-22)32(35,36)37)30(46)45(20-28(41)23-8-3-2-4-9-23)31(47)44(21)19-25-26(33(38,39)40)11-6-12-27(25)34/h2-12,17,28H,13-16,18-20,41H2,1H3. The topological polar surface area (TPSA) is 76.5 Å². The molecule has 0 aliphatic carbocycles. The fraction of sp³-hybridized carbons (Fsp3) is 0.333. The first kappa shape index (κ1) is 33.9. The Bertz CT molecular complexity index is 1840. The molecule has 14 heteroatoms. The van der Waals surface area contributed by atoms with Gasteiger partial charge in [0.1, 0.15) is 11.5 Å². The van der Waals surface area contributed by atoms with Crippen LogP contribution in [0, 0.1) is 12.7 Å². The second-order valence-electron chi connectivity index (χ2n) is 11.5. The van der Waals surface area contributed by atoms with Crippen molar-refractivity contribution in [3.8, 4) is 0 Å². The summed E-state index contributed by atoms with van der Waals surface area (Å²) in [5.74, 6) is -1.16. The van der Waals surface area contributed by atoms with Crippen molar-refractivity contribution < 1.29 is 30.7 Å². The number of aromatic nitrogens is 2. The molecule has 2 N–H and O–H groups in total. The summed E-state index contributed by atoms with van der Waals surface area (Å²) in [4.78, 5) is 31.4. The van der Waals surface area contributed by atoms with Crippen LogP contribution < -0.4 is 21.9 Å². The molecule has 4 aromatic rings. The van der Waals surface area contributed by atoms with Gasteiger partial charge in [-0.1, -0.05) is 54.6 Å². The highest BCUT2D eigenvalue weighted by atomic mass is 19.4. The van der Waals surface area contributed by atoms with E-state index >= 15 is 0 Å². The molecule has 0 radical (unpaired) electrons. The Balaban J connectivity index is 1.51. The van der Waals surface area contributed by atoms with E-state index in [1.54, 1.807) is 41.3 Å². The molecule has 1 unspecified atom stereocenters. The minimum absolute atomic E-state index is 0.0484. The lowest BCUT2D eigenvalue weighted by Gasteiger charge is -2.37. The van der Waals surface area contributed by atoms with E-state index in [9.17, 15) is 40.3 Å². The third-order valence-corrected chi connectivity index (χ3v) is 8.35. The molecule has 7 nitrogen and oxygen atoms in total. The van der Waals surface area contributed by atoms with Crippen LogP contribution in [-0.4, -0.2) is 40.2 Å². The van der Waals surface area contributed by atoms with Gasteiger partial charge in [0.25, 0.3) is 5.56 Å². The molecule has 47 heavy (non-hydrogen) atoms. The largest absolute Gasteiger partial charge is 0.416 e. The Kier molecular flexibility index (Phi) is 9.64. The monoisotopic (exact) mass is 663 g/mol. The molecular weight excluding hydrogens is 631 g/mol. The van der Waals surface area contributed by atoms with Gasteiger partial charge in [0.2, 0.25) is 0 Å². The van der Waals surface area contributed by atoms with E-state index in [1.165, 1.54) is 13.0 Å². The second kappa shape index (κ2) is 13.4. The number of rotatable bonds is 8. The van der Waals surface area contributed by atoms with Crippen molar-refractivity contribution in [1.29, 1.82) is 0 Å². The summed E-state index contributed by atoms with van der Waals surface area (Å²) in [6.45, 7) is 1.68. The number of benzene rings is 3. The van der Waals surface area contributed by atoms with Crippen LogP contribution in [0.1, 0.15) is 39.6 Å². The van der Waals surface area contributed by atoms with Crippen LogP contribution in [0.3, 0.4) is 0 Å². The van der Waals surface area contributed by atoms with E-state index in [1.807, 2.05) is 4.90 Å². The molecule has 1 aliphatic rings. The maximum atomic E-state index is 14.9. The van der Waals surface area contributed by atoms with Crippen LogP contribution in [0.5, 0.6) is 0 Å². The predicted molar refractivity (Wildman–Crippen MR) is 163 cm³/mol. The van der Waals surface area contributed by atoms with E-state index in [-0.39, 0.29) is 37.6 Å². The highest BCUT2D eigenvalue weighted by Gasteiger charge is 2.35. The third-order valence-electron chi connectivity index (χ3n) is 8.35. The van der Waals surface area contributed by atoms with Crippen LogP contribution in [-0.2, 0) is 32.0 Å². The molecule has 250 valence electrons. The maximum Gasteiger partial charge on any atom is 0.416 e. The molecule has 2 heterocycles. The Labute approximate surface area is 265 Å². The Hall–Kier alpha value is -4.43. The Morgan fingerprint density at radius 3 is 2.09 bits per heavy atom. The predicted octanol–water partition coefficient (Wildman–Crippen LogP) is 5.57. The quantitative estimate of drug-likeness (QED) is 0.250. The summed E-state index contributed by atoms with van der Waals surface area (Å²) in [6, 6.07) is 15.3. The first-order valence-corrected chi connectivity index (χ1v) is 14.8. The summed E-state index contributed by atoms with van der Waals surface area (Å²) in [7, 11) is 0. The normalized spacial score (nSPS) is 15.2. The highest BCUT2D eigenvalue weighted by molar-refractivity contribution is 5.50. The summed E-state index contributed by atoms with van der Waals surface area (Å²) in [5, 5.41) is 0. The van der Waals surface area contributed by atoms with Gasteiger partial charge < -0.3 is 10.6 Å². The van der Waals surface area contributed by atoms with Crippen molar-refractivity contribution in [3.63, 3.8) is 0 Å². The molecule has 0 spiro atoms. The minimum atomic E-state index is -4.90. The molecule has 1 fully saturated rings. The first-order valence-electron chi connectivity index (χ1n) is 14.8. The van der Waals surface area contributed by atoms with E-state index in [0.717, 1.165) is 39.5 Å². The van der Waals surface area contributed by atoms with Gasteiger partial charge in [-0.3, -0.25) is 18.8 Å². The van der Waals surface area contributed by atoms with Crippen molar-refractivity contribution >= 4 is 5.69 Å². The Morgan fingerprint density at radius 1 is 0.787 bits per heavy atom. The zero-order valence-electron chi connectivity index (χ0n) is 25.3. The zero-order chi connectivity index (χ0) is 34.1. The van der Waals surface area contributed by atoms with Gasteiger partial charge in [-0.15, -0.1) is 0 Å². The van der Waals surface area contributed by atoms with Crippen molar-refractivity contribution in [2.24, 2.45) is 5.73 Å². The third kappa shape index (κ3) is 7.43. The number of hydrogen-bond acceptors (Lipinski definition) is 5. The average molecular weight is 664 g/mol. The van der Waals surface area contributed by atoms with E-state index in [0.29, 0.717) is 24.2 Å². The zero-order valence-corrected chi connectivity index (χ0v) is 25.3. The van der Waals surface area contributed by atoms with E-state index < -0.39 is 58.7 Å². The lowest BCUT2D eigenvalue weighted by molar-refractivity contribution is -0.139. The van der Waals surface area contributed by atoms with Crippen molar-refractivity contribution in [2.75, 3.05) is 31.1 Å². The number of nitrogens with two attached hydrogens (primary N) is 1. The van der Waals surface area contributed by atoms with Crippen molar-refractivity contribution in [2.45, 2.75) is 45.0 Å². The fourth-order valence-corrected chi connectivity index (χ4v) is 5.88. The average Bonchev–Trinajstić information content (AvgIpc) is 3.02. The number of alkyl halides is 6. The Morgan fingerprint density at radius 2 is 1.45 bits per heavy atom. The van der Waals surface area contributed by atoms with Crippen LogP contribution in [0.25, 0.3) is 0 Å². The molecule has 1 aliphatic heterocycles. The molecule has 1 saturated heterocycles. The van der Waals surface area contributed by atoms with Crippen LogP contribution >= 0.6 is 0 Å².